The summed E-state index contributed by atoms with van der Waals surface area (Å²) in [5.41, 5.74) is 0.539. The lowest BCUT2D eigenvalue weighted by Gasteiger charge is -2.13. The Morgan fingerprint density at radius 2 is 1.17 bits per heavy atom. The zero-order chi connectivity index (χ0) is 23.1. The maximum absolute atomic E-state index is 10.7. The van der Waals surface area contributed by atoms with Crippen LogP contribution in [-0.4, -0.2) is 50.4 Å². The second-order valence-electron chi connectivity index (χ2n) is 7.04. The van der Waals surface area contributed by atoms with E-state index in [-0.39, 0.29) is 17.8 Å². The van der Waals surface area contributed by atoms with E-state index >= 15 is 0 Å². The van der Waals surface area contributed by atoms with E-state index < -0.39 is 17.7 Å². The number of aliphatic hydroxyl groups excluding tert-OH is 2. The first-order valence-corrected chi connectivity index (χ1v) is 9.51. The van der Waals surface area contributed by atoms with E-state index in [4.69, 9.17) is 15.3 Å². The van der Waals surface area contributed by atoms with Crippen molar-refractivity contribution in [1.29, 1.82) is 0 Å². The lowest BCUT2D eigenvalue weighted by Crippen LogP contribution is -2.16. The average molecular weight is 418 g/mol. The van der Waals surface area contributed by atoms with Crippen LogP contribution in [0.15, 0.2) is 60.7 Å². The molecule has 2 atom stereocenters. The molecule has 4 N–H and O–H groups in total. The molecule has 7 nitrogen and oxygen atoms in total. The van der Waals surface area contributed by atoms with E-state index in [2.05, 4.69) is 13.8 Å². The molecule has 2 aromatic carbocycles. The smallest absolute Gasteiger partial charge is 0.377 e. The summed E-state index contributed by atoms with van der Waals surface area (Å²) in [6.45, 7) is 5.82. The van der Waals surface area contributed by atoms with Gasteiger partial charge in [-0.2, -0.15) is 0 Å². The van der Waals surface area contributed by atoms with Crippen LogP contribution in [0.1, 0.15) is 54.3 Å². The summed E-state index contributed by atoms with van der Waals surface area (Å²) in [7, 11) is 0. The van der Waals surface area contributed by atoms with Crippen LogP contribution in [-0.2, 0) is 4.79 Å². The van der Waals surface area contributed by atoms with Gasteiger partial charge in [-0.05, 0) is 37.8 Å². The second kappa shape index (κ2) is 14.9. The molecule has 0 radical (unpaired) electrons. The van der Waals surface area contributed by atoms with E-state index in [0.717, 1.165) is 6.42 Å². The quantitative estimate of drug-likeness (QED) is 0.399. The van der Waals surface area contributed by atoms with Crippen molar-refractivity contribution in [3.8, 4) is 0 Å². The number of aliphatic carboxylic acids is 1. The van der Waals surface area contributed by atoms with Gasteiger partial charge >= 0.3 is 11.9 Å². The number of rotatable bonds is 7. The highest BCUT2D eigenvalue weighted by Gasteiger charge is 2.12. The molecule has 0 bridgehead atoms. The number of hydrogen-bond acceptors (Lipinski definition) is 5. The van der Waals surface area contributed by atoms with Gasteiger partial charge in [0.25, 0.3) is 5.78 Å². The molecule has 0 aromatic heterocycles. The lowest BCUT2D eigenvalue weighted by atomic mass is 10.0. The fraction of sp³-hybridized carbons (Fsp3) is 0.348. The highest BCUT2D eigenvalue weighted by atomic mass is 16.4. The van der Waals surface area contributed by atoms with Crippen LogP contribution in [0.25, 0.3) is 0 Å². The van der Waals surface area contributed by atoms with Crippen molar-refractivity contribution < 1.29 is 34.8 Å². The maximum atomic E-state index is 10.7. The summed E-state index contributed by atoms with van der Waals surface area (Å²) < 4.78 is 0. The van der Waals surface area contributed by atoms with Crippen LogP contribution in [0.3, 0.4) is 0 Å². The normalized spacial score (nSPS) is 11.8. The van der Waals surface area contributed by atoms with E-state index in [0.29, 0.717) is 17.9 Å². The Morgan fingerprint density at radius 1 is 0.733 bits per heavy atom. The van der Waals surface area contributed by atoms with Crippen molar-refractivity contribution in [3.63, 3.8) is 0 Å². The summed E-state index contributed by atoms with van der Waals surface area (Å²) in [6.07, 6.45) is 0.567. The van der Waals surface area contributed by atoms with E-state index in [1.54, 1.807) is 55.5 Å². The maximum Gasteiger partial charge on any atom is 0.377 e. The number of ketones is 1. The van der Waals surface area contributed by atoms with Crippen molar-refractivity contribution in [3.05, 3.63) is 71.8 Å². The van der Waals surface area contributed by atoms with Crippen molar-refractivity contribution in [2.75, 3.05) is 0 Å². The predicted octanol–water partition coefficient (Wildman–Crippen LogP) is 3.50. The Morgan fingerprint density at radius 3 is 1.47 bits per heavy atom. The number of carboxylic acid groups (broad SMARTS) is 2. The Kier molecular flexibility index (Phi) is 13.4. The third-order valence-corrected chi connectivity index (χ3v) is 3.61. The number of Topliss-reactive ketones (excluding diaryl/α,β-unsaturated/α-hetero) is 1. The first kappa shape index (κ1) is 27.0. The molecule has 2 rings (SSSR count). The van der Waals surface area contributed by atoms with Crippen LogP contribution in [0.5, 0.6) is 0 Å². The van der Waals surface area contributed by atoms with Gasteiger partial charge in [0.15, 0.2) is 0 Å². The highest BCUT2D eigenvalue weighted by Crippen LogP contribution is 2.09. The molecule has 30 heavy (non-hydrogen) atoms. The molecule has 0 heterocycles. The number of aromatic carboxylic acids is 1. The Balaban J connectivity index is 0.000000423. The van der Waals surface area contributed by atoms with Crippen LogP contribution < -0.4 is 0 Å². The Hall–Kier alpha value is -3.03. The summed E-state index contributed by atoms with van der Waals surface area (Å²) in [6, 6.07) is 16.2. The largest absolute Gasteiger partial charge is 0.478 e. The number of hydrogen-bond donors (Lipinski definition) is 4. The first-order valence-electron chi connectivity index (χ1n) is 9.51. The van der Waals surface area contributed by atoms with E-state index in [1.165, 1.54) is 12.1 Å². The lowest BCUT2D eigenvalue weighted by molar-refractivity contribution is -0.131. The van der Waals surface area contributed by atoms with Crippen molar-refractivity contribution in [2.45, 2.75) is 45.8 Å². The topological polar surface area (TPSA) is 132 Å². The van der Waals surface area contributed by atoms with Gasteiger partial charge in [0.2, 0.25) is 0 Å². The molecule has 0 saturated heterocycles. The number of carbonyl (C=O) groups is 3. The van der Waals surface area contributed by atoms with Gasteiger partial charge in [-0.1, -0.05) is 62.4 Å². The molecule has 0 spiro atoms. The monoisotopic (exact) mass is 418 g/mol. The fourth-order valence-corrected chi connectivity index (χ4v) is 2.33. The molecule has 0 aliphatic rings. The molecular weight excluding hydrogens is 388 g/mol. The van der Waals surface area contributed by atoms with Gasteiger partial charge in [-0.3, -0.25) is 4.79 Å². The number of aliphatic hydroxyl groups is 2. The number of carbonyl (C=O) groups excluding carboxylic acids is 1. The van der Waals surface area contributed by atoms with Crippen LogP contribution in [0.2, 0.25) is 0 Å². The second-order valence-corrected chi connectivity index (χ2v) is 7.04. The van der Waals surface area contributed by atoms with Gasteiger partial charge in [0.1, 0.15) is 0 Å². The summed E-state index contributed by atoms with van der Waals surface area (Å²) >= 11 is 0. The van der Waals surface area contributed by atoms with E-state index in [1.807, 2.05) is 0 Å². The summed E-state index contributed by atoms with van der Waals surface area (Å²) in [5, 5.41) is 34.8. The minimum absolute atomic E-state index is 0.208. The zero-order valence-electron chi connectivity index (χ0n) is 17.4. The SMILES string of the molecule is CC(C)CC(O)CC(C)O.O=C(O)C(=O)c1ccccc1.O=C(O)c1ccccc1. The van der Waals surface area contributed by atoms with Gasteiger partial charge in [0, 0.05) is 5.56 Å². The van der Waals surface area contributed by atoms with E-state index in [9.17, 15) is 19.5 Å². The van der Waals surface area contributed by atoms with Gasteiger partial charge in [0.05, 0.1) is 17.8 Å². The summed E-state index contributed by atoms with van der Waals surface area (Å²) in [5.74, 6) is -2.66. The molecule has 2 aromatic rings. The minimum Gasteiger partial charge on any atom is -0.478 e. The third kappa shape index (κ3) is 13.2. The molecule has 0 fully saturated rings. The van der Waals surface area contributed by atoms with Crippen LogP contribution in [0.4, 0.5) is 0 Å². The molecule has 0 saturated carbocycles. The molecule has 2 unspecified atom stereocenters. The molecule has 0 amide bonds. The standard InChI is InChI=1S/C8H6O3.C8H18O2.C7H6O2/c9-7(8(10)11)6-4-2-1-3-5-6;1-6(2)4-8(10)5-7(3)9;8-7(9)6-4-2-1-3-5-6/h1-5H,(H,10,11);6-10H,4-5H2,1-3H3;1-5H,(H,8,9). The zero-order valence-corrected chi connectivity index (χ0v) is 17.4. The highest BCUT2D eigenvalue weighted by molar-refractivity contribution is 6.39. The Bertz CT molecular complexity index is 746. The van der Waals surface area contributed by atoms with Gasteiger partial charge < -0.3 is 20.4 Å². The average Bonchev–Trinajstić information content (AvgIpc) is 2.68. The molecular formula is C23H30O7. The molecule has 0 aliphatic carbocycles. The Labute approximate surface area is 176 Å². The third-order valence-electron chi connectivity index (χ3n) is 3.61. The molecule has 164 valence electrons. The molecule has 7 heteroatoms. The summed E-state index contributed by atoms with van der Waals surface area (Å²) in [4.78, 5) is 31.1. The van der Waals surface area contributed by atoms with Gasteiger partial charge in [-0.15, -0.1) is 0 Å². The fourth-order valence-electron chi connectivity index (χ4n) is 2.33. The van der Waals surface area contributed by atoms with Crippen LogP contribution >= 0.6 is 0 Å². The van der Waals surface area contributed by atoms with Crippen molar-refractivity contribution in [1.82, 2.24) is 0 Å². The number of benzene rings is 2. The van der Waals surface area contributed by atoms with Crippen molar-refractivity contribution >= 4 is 17.7 Å². The predicted molar refractivity (Wildman–Crippen MR) is 114 cm³/mol. The molecule has 0 aliphatic heterocycles. The minimum atomic E-state index is -1.42. The van der Waals surface area contributed by atoms with Crippen LogP contribution in [0, 0.1) is 5.92 Å². The van der Waals surface area contributed by atoms with Crippen molar-refractivity contribution in [2.24, 2.45) is 5.92 Å². The first-order chi connectivity index (χ1) is 14.0. The van der Waals surface area contributed by atoms with Gasteiger partial charge in [-0.25, -0.2) is 9.59 Å². The number of carboxylic acids is 2.